The van der Waals surface area contributed by atoms with Gasteiger partial charge in [0, 0.05) is 12.5 Å². The lowest BCUT2D eigenvalue weighted by molar-refractivity contribution is 0.198. The summed E-state index contributed by atoms with van der Waals surface area (Å²) in [5.74, 6) is 0.875. The van der Waals surface area contributed by atoms with E-state index in [2.05, 4.69) is 0 Å². The van der Waals surface area contributed by atoms with E-state index in [0.29, 0.717) is 11.7 Å². The molecule has 0 amide bonds. The molecule has 2 fully saturated rings. The minimum atomic E-state index is -2.80. The predicted octanol–water partition coefficient (Wildman–Crippen LogP) is 0.192. The van der Waals surface area contributed by atoms with Crippen molar-refractivity contribution < 1.29 is 13.5 Å². The molecule has 4 heteroatoms. The van der Waals surface area contributed by atoms with Crippen LogP contribution in [-0.4, -0.2) is 31.1 Å². The average Bonchev–Trinajstić information content (AvgIpc) is 2.80. The molecule has 2 atom stereocenters. The zero-order chi connectivity index (χ0) is 8.77. The number of hydrogen-bond acceptors (Lipinski definition) is 3. The highest BCUT2D eigenvalue weighted by atomic mass is 32.2. The van der Waals surface area contributed by atoms with Crippen molar-refractivity contribution in [1.82, 2.24) is 0 Å². The van der Waals surface area contributed by atoms with Crippen LogP contribution in [0.4, 0.5) is 0 Å². The topological polar surface area (TPSA) is 54.4 Å². The monoisotopic (exact) mass is 190 g/mol. The van der Waals surface area contributed by atoms with E-state index in [1.165, 1.54) is 0 Å². The molecule has 2 rings (SSSR count). The molecule has 0 aromatic rings. The van der Waals surface area contributed by atoms with Gasteiger partial charge in [-0.1, -0.05) is 0 Å². The maximum Gasteiger partial charge on any atom is 0.153 e. The Hall–Kier alpha value is -0.0900. The maximum atomic E-state index is 11.2. The first-order valence-electron chi connectivity index (χ1n) is 4.47. The van der Waals surface area contributed by atoms with E-state index in [-0.39, 0.29) is 17.8 Å². The number of aliphatic hydroxyl groups excluding tert-OH is 1. The third kappa shape index (κ3) is 1.27. The van der Waals surface area contributed by atoms with Crippen LogP contribution in [0, 0.1) is 11.8 Å². The molecule has 0 spiro atoms. The van der Waals surface area contributed by atoms with Gasteiger partial charge in [0.15, 0.2) is 9.84 Å². The normalized spacial score (nSPS) is 35.6. The van der Waals surface area contributed by atoms with E-state index in [1.807, 2.05) is 0 Å². The Bertz CT molecular complexity index is 266. The molecule has 1 saturated heterocycles. The van der Waals surface area contributed by atoms with E-state index >= 15 is 0 Å². The third-order valence-corrected chi connectivity index (χ3v) is 5.38. The molecule has 0 aromatic heterocycles. The van der Waals surface area contributed by atoms with Crippen molar-refractivity contribution in [3.8, 4) is 0 Å². The average molecular weight is 190 g/mol. The first-order chi connectivity index (χ1) is 5.65. The third-order valence-electron chi connectivity index (χ3n) is 3.06. The van der Waals surface area contributed by atoms with Crippen LogP contribution in [0.2, 0.25) is 0 Å². The summed E-state index contributed by atoms with van der Waals surface area (Å²) < 4.78 is 22.5. The Kier molecular flexibility index (Phi) is 1.92. The van der Waals surface area contributed by atoms with Crippen molar-refractivity contribution in [2.24, 2.45) is 11.8 Å². The summed E-state index contributed by atoms with van der Waals surface area (Å²) in [7, 11) is -2.80. The van der Waals surface area contributed by atoms with E-state index in [0.717, 1.165) is 19.3 Å². The second kappa shape index (κ2) is 2.70. The van der Waals surface area contributed by atoms with Gasteiger partial charge in [-0.15, -0.1) is 0 Å². The lowest BCUT2D eigenvalue weighted by atomic mass is 9.98. The Morgan fingerprint density at radius 2 is 2.00 bits per heavy atom. The fourth-order valence-electron chi connectivity index (χ4n) is 2.02. The van der Waals surface area contributed by atoms with Crippen molar-refractivity contribution in [3.63, 3.8) is 0 Å². The van der Waals surface area contributed by atoms with Crippen LogP contribution in [0.1, 0.15) is 19.3 Å². The van der Waals surface area contributed by atoms with Gasteiger partial charge >= 0.3 is 0 Å². The molecule has 3 nitrogen and oxygen atoms in total. The van der Waals surface area contributed by atoms with E-state index < -0.39 is 9.84 Å². The van der Waals surface area contributed by atoms with Crippen LogP contribution in [0.25, 0.3) is 0 Å². The SMILES string of the molecule is O=S1(=O)CCC1C(CO)C1CC1. The van der Waals surface area contributed by atoms with E-state index in [9.17, 15) is 8.42 Å². The summed E-state index contributed by atoms with van der Waals surface area (Å²) in [5.41, 5.74) is 0. The second-order valence-corrected chi connectivity index (χ2v) is 6.22. The number of hydrogen-bond donors (Lipinski definition) is 1. The second-order valence-electron chi connectivity index (χ2n) is 3.88. The first-order valence-corrected chi connectivity index (χ1v) is 6.19. The zero-order valence-electron chi connectivity index (χ0n) is 6.94. The molecule has 1 saturated carbocycles. The smallest absolute Gasteiger partial charge is 0.153 e. The van der Waals surface area contributed by atoms with Crippen LogP contribution < -0.4 is 0 Å². The van der Waals surface area contributed by atoms with Gasteiger partial charge in [-0.3, -0.25) is 0 Å². The minimum Gasteiger partial charge on any atom is -0.396 e. The molecular weight excluding hydrogens is 176 g/mol. The summed E-state index contributed by atoms with van der Waals surface area (Å²) in [6.07, 6.45) is 2.98. The summed E-state index contributed by atoms with van der Waals surface area (Å²) in [4.78, 5) is 0. The molecular formula is C8H14O3S. The van der Waals surface area contributed by atoms with Crippen molar-refractivity contribution in [2.75, 3.05) is 12.4 Å². The highest BCUT2D eigenvalue weighted by molar-refractivity contribution is 7.93. The van der Waals surface area contributed by atoms with Gasteiger partial charge in [-0.05, 0) is 25.2 Å². The lowest BCUT2D eigenvalue weighted by Crippen LogP contribution is -2.44. The van der Waals surface area contributed by atoms with Crippen LogP contribution in [-0.2, 0) is 9.84 Å². The molecule has 1 N–H and O–H groups in total. The standard InChI is InChI=1S/C8H14O3S/c9-5-7(6-1-2-6)8-3-4-12(8,10)11/h6-9H,1-5H2. The highest BCUT2D eigenvalue weighted by Gasteiger charge is 2.46. The molecule has 2 unspecified atom stereocenters. The Balaban J connectivity index is 2.06. The van der Waals surface area contributed by atoms with Gasteiger partial charge < -0.3 is 5.11 Å². The van der Waals surface area contributed by atoms with Gasteiger partial charge in [0.1, 0.15) is 0 Å². The van der Waals surface area contributed by atoms with Crippen LogP contribution in [0.15, 0.2) is 0 Å². The largest absolute Gasteiger partial charge is 0.396 e. The molecule has 70 valence electrons. The Labute approximate surface area is 72.7 Å². The van der Waals surface area contributed by atoms with Gasteiger partial charge in [-0.25, -0.2) is 8.42 Å². The summed E-state index contributed by atoms with van der Waals surface area (Å²) in [5, 5.41) is 8.83. The first kappa shape index (κ1) is 8.51. The van der Waals surface area contributed by atoms with Crippen molar-refractivity contribution >= 4 is 9.84 Å². The molecule has 1 aliphatic carbocycles. The fraction of sp³-hybridized carbons (Fsp3) is 1.00. The molecule has 1 heterocycles. The van der Waals surface area contributed by atoms with Crippen LogP contribution >= 0.6 is 0 Å². The van der Waals surface area contributed by atoms with Crippen LogP contribution in [0.3, 0.4) is 0 Å². The molecule has 0 aromatic carbocycles. The zero-order valence-corrected chi connectivity index (χ0v) is 7.76. The molecule has 0 radical (unpaired) electrons. The maximum absolute atomic E-state index is 11.2. The highest BCUT2D eigenvalue weighted by Crippen LogP contribution is 2.43. The van der Waals surface area contributed by atoms with Crippen molar-refractivity contribution in [3.05, 3.63) is 0 Å². The summed E-state index contributed by atoms with van der Waals surface area (Å²) >= 11 is 0. The summed E-state index contributed by atoms with van der Waals surface area (Å²) in [6.45, 7) is 0.0502. The quantitative estimate of drug-likeness (QED) is 0.691. The Morgan fingerprint density at radius 3 is 2.25 bits per heavy atom. The predicted molar refractivity (Wildman–Crippen MR) is 45.5 cm³/mol. The van der Waals surface area contributed by atoms with Gasteiger partial charge in [0.05, 0.1) is 11.0 Å². The lowest BCUT2D eigenvalue weighted by Gasteiger charge is -2.32. The van der Waals surface area contributed by atoms with Gasteiger partial charge in [-0.2, -0.15) is 0 Å². The number of aliphatic hydroxyl groups is 1. The van der Waals surface area contributed by atoms with E-state index in [1.54, 1.807) is 0 Å². The fourth-order valence-corrected chi connectivity index (χ4v) is 3.76. The van der Waals surface area contributed by atoms with Gasteiger partial charge in [0.2, 0.25) is 0 Å². The molecule has 2 aliphatic rings. The van der Waals surface area contributed by atoms with Gasteiger partial charge in [0.25, 0.3) is 0 Å². The number of rotatable bonds is 3. The van der Waals surface area contributed by atoms with Crippen molar-refractivity contribution in [1.29, 1.82) is 0 Å². The Morgan fingerprint density at radius 1 is 1.33 bits per heavy atom. The van der Waals surface area contributed by atoms with E-state index in [4.69, 9.17) is 5.11 Å². The van der Waals surface area contributed by atoms with Crippen LogP contribution in [0.5, 0.6) is 0 Å². The molecule has 12 heavy (non-hydrogen) atoms. The van der Waals surface area contributed by atoms with Crippen molar-refractivity contribution in [2.45, 2.75) is 24.5 Å². The summed E-state index contributed by atoms with van der Waals surface area (Å²) in [6, 6.07) is 0. The minimum absolute atomic E-state index is 0.0451. The number of sulfone groups is 1. The molecule has 0 bridgehead atoms. The molecule has 1 aliphatic heterocycles.